The van der Waals surface area contributed by atoms with Gasteiger partial charge in [-0.3, -0.25) is 14.6 Å². The van der Waals surface area contributed by atoms with Gasteiger partial charge in [-0.05, 0) is 48.9 Å². The second-order valence-corrected chi connectivity index (χ2v) is 7.09. The number of likely N-dealkylation sites (tertiary alicyclic amines) is 1. The van der Waals surface area contributed by atoms with Crippen LogP contribution in [0.2, 0.25) is 0 Å². The second-order valence-electron chi connectivity index (χ2n) is 7.09. The summed E-state index contributed by atoms with van der Waals surface area (Å²) in [5, 5.41) is 11.0. The fourth-order valence-electron chi connectivity index (χ4n) is 3.75. The van der Waals surface area contributed by atoms with Crippen molar-refractivity contribution in [3.8, 4) is 11.5 Å². The predicted octanol–water partition coefficient (Wildman–Crippen LogP) is 3.70. The van der Waals surface area contributed by atoms with Crippen LogP contribution in [0.3, 0.4) is 0 Å². The lowest BCUT2D eigenvalue weighted by Crippen LogP contribution is -2.29. The van der Waals surface area contributed by atoms with Crippen LogP contribution < -0.4 is 9.47 Å². The smallest absolute Gasteiger partial charge is 0.296 e. The molecule has 0 spiro atoms. The van der Waals surface area contributed by atoms with Crippen LogP contribution >= 0.6 is 0 Å². The first kappa shape index (κ1) is 21.2. The van der Waals surface area contributed by atoms with Gasteiger partial charge in [0.05, 0.1) is 38.1 Å². The summed E-state index contributed by atoms with van der Waals surface area (Å²) in [5.74, 6) is -0.268. The molecule has 32 heavy (non-hydrogen) atoms. The van der Waals surface area contributed by atoms with Crippen molar-refractivity contribution in [2.45, 2.75) is 19.5 Å². The molecule has 0 aliphatic carbocycles. The Balaban J connectivity index is 1.87. The molecule has 1 atom stereocenters. The Hall–Kier alpha value is -4.07. The molecule has 0 radical (unpaired) electrons. The van der Waals surface area contributed by atoms with E-state index < -0.39 is 17.7 Å². The molecule has 2 aromatic heterocycles. The normalized spacial score (nSPS) is 17.6. The number of aromatic nitrogens is 1. The van der Waals surface area contributed by atoms with Crippen molar-refractivity contribution >= 4 is 17.4 Å². The first-order valence-corrected chi connectivity index (χ1v) is 10.1. The average molecular weight is 434 g/mol. The number of rotatable bonds is 7. The number of hydrogen-bond acceptors (Lipinski definition) is 7. The lowest BCUT2D eigenvalue weighted by atomic mass is 9.95. The Bertz CT molecular complexity index is 1150. The molecule has 3 aromatic rings. The molecular formula is C24H22N2O6. The van der Waals surface area contributed by atoms with E-state index in [1.165, 1.54) is 30.7 Å². The maximum atomic E-state index is 13.1. The van der Waals surface area contributed by atoms with E-state index in [0.717, 1.165) is 0 Å². The summed E-state index contributed by atoms with van der Waals surface area (Å²) >= 11 is 0. The van der Waals surface area contributed by atoms with Crippen molar-refractivity contribution in [3.63, 3.8) is 0 Å². The van der Waals surface area contributed by atoms with Gasteiger partial charge in [-0.1, -0.05) is 6.07 Å². The molecule has 1 aliphatic heterocycles. The number of amides is 1. The van der Waals surface area contributed by atoms with E-state index in [2.05, 4.69) is 4.98 Å². The third-order valence-corrected chi connectivity index (χ3v) is 5.20. The number of aliphatic hydroxyl groups excluding tert-OH is 1. The number of nitrogens with zero attached hydrogens (tertiary/aromatic N) is 2. The standard InChI is InChI=1S/C24H22N2O6/c1-3-31-18-7-6-16(13-19(18)30-2)21-20(22(27)15-8-10-25-11-9-15)23(28)24(29)26(21)14-17-5-4-12-32-17/h4-13,21,27H,3,14H2,1-2H3/b22-20+. The van der Waals surface area contributed by atoms with Crippen LogP contribution in [0.5, 0.6) is 11.5 Å². The number of pyridine rings is 1. The largest absolute Gasteiger partial charge is 0.507 e. The molecule has 0 saturated carbocycles. The van der Waals surface area contributed by atoms with Crippen LogP contribution in [0.4, 0.5) is 0 Å². The predicted molar refractivity (Wildman–Crippen MR) is 115 cm³/mol. The first-order valence-electron chi connectivity index (χ1n) is 10.1. The maximum absolute atomic E-state index is 13.1. The van der Waals surface area contributed by atoms with Gasteiger partial charge in [0.15, 0.2) is 11.5 Å². The zero-order valence-electron chi connectivity index (χ0n) is 17.6. The van der Waals surface area contributed by atoms with Crippen LogP contribution in [-0.4, -0.2) is 40.4 Å². The first-order chi connectivity index (χ1) is 15.5. The number of furan rings is 1. The average Bonchev–Trinajstić information content (AvgIpc) is 3.42. The maximum Gasteiger partial charge on any atom is 0.296 e. The van der Waals surface area contributed by atoms with Crippen molar-refractivity contribution < 1.29 is 28.6 Å². The van der Waals surface area contributed by atoms with Gasteiger partial charge in [-0.25, -0.2) is 0 Å². The van der Waals surface area contributed by atoms with Gasteiger partial charge in [0.25, 0.3) is 11.7 Å². The van der Waals surface area contributed by atoms with Gasteiger partial charge in [-0.15, -0.1) is 0 Å². The summed E-state index contributed by atoms with van der Waals surface area (Å²) < 4.78 is 16.4. The quantitative estimate of drug-likeness (QED) is 0.344. The summed E-state index contributed by atoms with van der Waals surface area (Å²) in [6, 6.07) is 10.9. The highest BCUT2D eigenvalue weighted by Gasteiger charge is 2.46. The molecule has 1 saturated heterocycles. The number of Topliss-reactive ketones (excluding diaryl/α,β-unsaturated/α-hetero) is 1. The van der Waals surface area contributed by atoms with Crippen molar-refractivity contribution in [3.05, 3.63) is 83.6 Å². The van der Waals surface area contributed by atoms with Gasteiger partial charge in [-0.2, -0.15) is 0 Å². The molecule has 4 rings (SSSR count). The van der Waals surface area contributed by atoms with Crippen LogP contribution in [0, 0.1) is 0 Å². The molecule has 164 valence electrons. The van der Waals surface area contributed by atoms with Crippen molar-refractivity contribution in [1.82, 2.24) is 9.88 Å². The molecular weight excluding hydrogens is 412 g/mol. The van der Waals surface area contributed by atoms with Crippen molar-refractivity contribution in [2.24, 2.45) is 0 Å². The minimum atomic E-state index is -0.849. The molecule has 8 nitrogen and oxygen atoms in total. The van der Waals surface area contributed by atoms with Gasteiger partial charge in [0.2, 0.25) is 0 Å². The number of benzene rings is 1. The summed E-state index contributed by atoms with van der Waals surface area (Å²) in [6.07, 6.45) is 4.50. The number of ether oxygens (including phenoxy) is 2. The highest BCUT2D eigenvalue weighted by molar-refractivity contribution is 6.46. The van der Waals surface area contributed by atoms with E-state index in [1.807, 2.05) is 6.92 Å². The highest BCUT2D eigenvalue weighted by atomic mass is 16.5. The Morgan fingerprint density at radius 3 is 2.59 bits per heavy atom. The molecule has 3 heterocycles. The number of ketones is 1. The van der Waals surface area contributed by atoms with Gasteiger partial charge >= 0.3 is 0 Å². The topological polar surface area (TPSA) is 102 Å². The Kier molecular flexibility index (Phi) is 5.93. The molecule has 0 bridgehead atoms. The summed E-state index contributed by atoms with van der Waals surface area (Å²) in [4.78, 5) is 31.4. The Morgan fingerprint density at radius 2 is 1.94 bits per heavy atom. The SMILES string of the molecule is CCOc1ccc(C2/C(=C(\O)c3ccncc3)C(=O)C(=O)N2Cc2ccco2)cc1OC. The number of aliphatic hydroxyl groups is 1. The third-order valence-electron chi connectivity index (χ3n) is 5.20. The fourth-order valence-corrected chi connectivity index (χ4v) is 3.75. The van der Waals surface area contributed by atoms with E-state index in [1.54, 1.807) is 42.5 Å². The molecule has 1 amide bonds. The summed E-state index contributed by atoms with van der Waals surface area (Å²) in [6.45, 7) is 2.37. The van der Waals surface area contributed by atoms with Gasteiger partial charge < -0.3 is 23.9 Å². The fraction of sp³-hybridized carbons (Fsp3) is 0.208. The number of carbonyl (C=O) groups is 2. The lowest BCUT2D eigenvalue weighted by Gasteiger charge is -2.25. The summed E-state index contributed by atoms with van der Waals surface area (Å²) in [5.41, 5.74) is 0.963. The number of hydrogen-bond donors (Lipinski definition) is 1. The number of methoxy groups -OCH3 is 1. The zero-order valence-corrected chi connectivity index (χ0v) is 17.6. The van der Waals surface area contributed by atoms with Crippen LogP contribution in [0.1, 0.15) is 29.9 Å². The van der Waals surface area contributed by atoms with E-state index in [0.29, 0.717) is 35.0 Å². The van der Waals surface area contributed by atoms with Crippen LogP contribution in [-0.2, 0) is 16.1 Å². The van der Waals surface area contributed by atoms with E-state index in [-0.39, 0.29) is 17.9 Å². The molecule has 1 fully saturated rings. The zero-order chi connectivity index (χ0) is 22.7. The van der Waals surface area contributed by atoms with Gasteiger partial charge in [0, 0.05) is 18.0 Å². The van der Waals surface area contributed by atoms with Crippen molar-refractivity contribution in [1.29, 1.82) is 0 Å². The lowest BCUT2D eigenvalue weighted by molar-refractivity contribution is -0.140. The minimum absolute atomic E-state index is 0.0148. The highest BCUT2D eigenvalue weighted by Crippen LogP contribution is 2.42. The Morgan fingerprint density at radius 1 is 1.16 bits per heavy atom. The van der Waals surface area contributed by atoms with Crippen LogP contribution in [0.25, 0.3) is 5.76 Å². The molecule has 1 aliphatic rings. The Labute approximate surface area is 184 Å². The molecule has 1 aromatic carbocycles. The second kappa shape index (κ2) is 8.97. The number of carbonyl (C=O) groups excluding carboxylic acids is 2. The van der Waals surface area contributed by atoms with Gasteiger partial charge in [0.1, 0.15) is 11.5 Å². The minimum Gasteiger partial charge on any atom is -0.507 e. The van der Waals surface area contributed by atoms with E-state index in [9.17, 15) is 14.7 Å². The van der Waals surface area contributed by atoms with E-state index >= 15 is 0 Å². The summed E-state index contributed by atoms with van der Waals surface area (Å²) in [7, 11) is 1.51. The van der Waals surface area contributed by atoms with Crippen LogP contribution in [0.15, 0.2) is 71.1 Å². The van der Waals surface area contributed by atoms with Crippen molar-refractivity contribution in [2.75, 3.05) is 13.7 Å². The third kappa shape index (κ3) is 3.82. The molecule has 8 heteroatoms. The molecule has 1 N–H and O–H groups in total. The van der Waals surface area contributed by atoms with E-state index in [4.69, 9.17) is 13.9 Å². The molecule has 1 unspecified atom stereocenters. The monoisotopic (exact) mass is 434 g/mol.